The number of nitrogens with zero attached hydrogens (tertiary/aromatic N) is 2. The molecule has 3 N–H and O–H groups in total. The molecule has 0 radical (unpaired) electrons. The van der Waals surface area contributed by atoms with E-state index in [1.807, 2.05) is 39.1 Å². The van der Waals surface area contributed by atoms with Crippen molar-refractivity contribution in [1.82, 2.24) is 9.55 Å². The third kappa shape index (κ3) is 2.48. The van der Waals surface area contributed by atoms with Gasteiger partial charge in [-0.05, 0) is 49.2 Å². The molecule has 0 aliphatic heterocycles. The van der Waals surface area contributed by atoms with Crippen LogP contribution in [0.3, 0.4) is 0 Å². The normalized spacial score (nSPS) is 10.9. The lowest BCUT2D eigenvalue weighted by Crippen LogP contribution is -2.00. The predicted molar refractivity (Wildman–Crippen MR) is 88.1 cm³/mol. The Bertz CT molecular complexity index is 905. The summed E-state index contributed by atoms with van der Waals surface area (Å²) < 4.78 is 7.82. The van der Waals surface area contributed by atoms with E-state index in [9.17, 15) is 4.79 Å². The second kappa shape index (κ2) is 5.31. The number of carboxylic acid groups (broad SMARTS) is 1. The van der Waals surface area contributed by atoms with Gasteiger partial charge in [-0.25, -0.2) is 9.78 Å². The van der Waals surface area contributed by atoms with Crippen molar-refractivity contribution in [3.63, 3.8) is 0 Å². The van der Waals surface area contributed by atoms with Crippen LogP contribution in [0.15, 0.2) is 30.3 Å². The zero-order valence-electron chi connectivity index (χ0n) is 13.1. The van der Waals surface area contributed by atoms with Crippen LogP contribution in [0.25, 0.3) is 11.0 Å². The molecular formula is C17H17N3O3. The van der Waals surface area contributed by atoms with Gasteiger partial charge < -0.3 is 20.1 Å². The van der Waals surface area contributed by atoms with E-state index in [-0.39, 0.29) is 5.56 Å². The third-order valence-corrected chi connectivity index (χ3v) is 3.83. The number of ether oxygens (including phenoxy) is 1. The van der Waals surface area contributed by atoms with Crippen LogP contribution in [0.1, 0.15) is 21.5 Å². The highest BCUT2D eigenvalue weighted by Crippen LogP contribution is 2.34. The highest BCUT2D eigenvalue weighted by Gasteiger charge is 2.15. The monoisotopic (exact) mass is 311 g/mol. The molecule has 1 aromatic heterocycles. The van der Waals surface area contributed by atoms with E-state index in [0.717, 1.165) is 16.6 Å². The fraction of sp³-hybridized carbons (Fsp3) is 0.176. The van der Waals surface area contributed by atoms with E-state index in [2.05, 4.69) is 4.98 Å². The van der Waals surface area contributed by atoms with Crippen LogP contribution in [0.4, 0.5) is 5.95 Å². The number of nitrogens with two attached hydrogens (primary N) is 1. The Balaban J connectivity index is 2.10. The molecule has 23 heavy (non-hydrogen) atoms. The summed E-state index contributed by atoms with van der Waals surface area (Å²) in [5.41, 5.74) is 9.16. The van der Waals surface area contributed by atoms with Crippen molar-refractivity contribution < 1.29 is 14.6 Å². The lowest BCUT2D eigenvalue weighted by molar-refractivity contribution is 0.0696. The van der Waals surface area contributed by atoms with Crippen LogP contribution in [-0.4, -0.2) is 20.6 Å². The molecule has 0 aliphatic rings. The smallest absolute Gasteiger partial charge is 0.335 e. The van der Waals surface area contributed by atoms with Crippen LogP contribution in [0, 0.1) is 13.8 Å². The maximum absolute atomic E-state index is 11.1. The van der Waals surface area contributed by atoms with E-state index < -0.39 is 5.97 Å². The van der Waals surface area contributed by atoms with Gasteiger partial charge in [0, 0.05) is 7.05 Å². The zero-order chi connectivity index (χ0) is 16.7. The predicted octanol–water partition coefficient (Wildman–Crippen LogP) is 3.26. The lowest BCUT2D eigenvalue weighted by atomic mass is 10.1. The van der Waals surface area contributed by atoms with Gasteiger partial charge in [0.2, 0.25) is 5.95 Å². The molecule has 0 spiro atoms. The maximum atomic E-state index is 11.1. The molecule has 0 amide bonds. The molecule has 6 heteroatoms. The molecular weight excluding hydrogens is 294 g/mol. The molecule has 3 rings (SSSR count). The summed E-state index contributed by atoms with van der Waals surface area (Å²) in [5, 5.41) is 9.12. The standard InChI is InChI=1S/C17H17N3O3/c1-9-7-11(16(21)22)8-10(2)15(9)23-13-6-4-5-12-14(13)19-17(18)20(12)3/h4-8H,1-3H3,(H2,18,19)(H,21,22). The molecule has 118 valence electrons. The Kier molecular flexibility index (Phi) is 3.44. The van der Waals surface area contributed by atoms with Crippen molar-refractivity contribution in [3.8, 4) is 11.5 Å². The number of carboxylic acids is 1. The number of anilines is 1. The first-order valence-corrected chi connectivity index (χ1v) is 7.12. The van der Waals surface area contributed by atoms with Crippen LogP contribution in [0.5, 0.6) is 11.5 Å². The molecule has 2 aromatic carbocycles. The van der Waals surface area contributed by atoms with Gasteiger partial charge in [0.1, 0.15) is 11.3 Å². The van der Waals surface area contributed by atoms with E-state index in [1.54, 1.807) is 16.7 Å². The van der Waals surface area contributed by atoms with Crippen LogP contribution < -0.4 is 10.5 Å². The summed E-state index contributed by atoms with van der Waals surface area (Å²) in [6, 6.07) is 8.79. The van der Waals surface area contributed by atoms with Gasteiger partial charge in [-0.15, -0.1) is 0 Å². The number of aromatic nitrogens is 2. The third-order valence-electron chi connectivity index (χ3n) is 3.83. The van der Waals surface area contributed by atoms with E-state index in [0.29, 0.717) is 23.0 Å². The summed E-state index contributed by atoms with van der Waals surface area (Å²) in [6.45, 7) is 3.64. The summed E-state index contributed by atoms with van der Waals surface area (Å²) in [6.07, 6.45) is 0. The largest absolute Gasteiger partial charge is 0.478 e. The molecule has 0 fully saturated rings. The van der Waals surface area contributed by atoms with Gasteiger partial charge in [0.25, 0.3) is 0 Å². The fourth-order valence-corrected chi connectivity index (χ4v) is 2.63. The number of para-hydroxylation sites is 1. The second-order valence-electron chi connectivity index (χ2n) is 5.50. The lowest BCUT2D eigenvalue weighted by Gasteiger charge is -2.13. The van der Waals surface area contributed by atoms with Gasteiger partial charge in [0.05, 0.1) is 11.1 Å². The number of imidazole rings is 1. The second-order valence-corrected chi connectivity index (χ2v) is 5.50. The fourth-order valence-electron chi connectivity index (χ4n) is 2.63. The molecule has 0 aliphatic carbocycles. The first kappa shape index (κ1) is 14.9. The number of hydrogen-bond acceptors (Lipinski definition) is 4. The summed E-state index contributed by atoms with van der Waals surface area (Å²) in [5.74, 6) is 0.670. The van der Waals surface area contributed by atoms with Crippen LogP contribution in [0.2, 0.25) is 0 Å². The van der Waals surface area contributed by atoms with Gasteiger partial charge in [-0.2, -0.15) is 0 Å². The zero-order valence-corrected chi connectivity index (χ0v) is 13.1. The Morgan fingerprint density at radius 2 is 1.91 bits per heavy atom. The Labute approximate surface area is 133 Å². The number of nitrogen functional groups attached to an aromatic ring is 1. The van der Waals surface area contributed by atoms with Crippen molar-refractivity contribution in [2.75, 3.05) is 5.73 Å². The van der Waals surface area contributed by atoms with E-state index >= 15 is 0 Å². The molecule has 1 heterocycles. The molecule has 0 saturated carbocycles. The minimum Gasteiger partial charge on any atom is -0.478 e. The Morgan fingerprint density at radius 3 is 2.52 bits per heavy atom. The van der Waals surface area contributed by atoms with Crippen LogP contribution in [-0.2, 0) is 7.05 Å². The van der Waals surface area contributed by atoms with Crippen molar-refractivity contribution in [2.24, 2.45) is 7.05 Å². The SMILES string of the molecule is Cc1cc(C(=O)O)cc(C)c1Oc1cccc2c1nc(N)n2C. The average Bonchev–Trinajstić information content (AvgIpc) is 2.79. The highest BCUT2D eigenvalue weighted by molar-refractivity contribution is 5.89. The number of aryl methyl sites for hydroxylation is 3. The number of rotatable bonds is 3. The van der Waals surface area contributed by atoms with Crippen LogP contribution >= 0.6 is 0 Å². The van der Waals surface area contributed by atoms with Crippen molar-refractivity contribution in [2.45, 2.75) is 13.8 Å². The molecule has 3 aromatic rings. The van der Waals surface area contributed by atoms with Crippen molar-refractivity contribution in [1.29, 1.82) is 0 Å². The van der Waals surface area contributed by atoms with Gasteiger partial charge >= 0.3 is 5.97 Å². The molecule has 6 nitrogen and oxygen atoms in total. The minimum absolute atomic E-state index is 0.243. The molecule has 0 saturated heterocycles. The van der Waals surface area contributed by atoms with Gasteiger partial charge in [0.15, 0.2) is 5.75 Å². The number of fused-ring (bicyclic) bond motifs is 1. The molecule has 0 unspecified atom stereocenters. The first-order valence-electron chi connectivity index (χ1n) is 7.12. The summed E-state index contributed by atoms with van der Waals surface area (Å²) in [7, 11) is 1.84. The summed E-state index contributed by atoms with van der Waals surface area (Å²) >= 11 is 0. The van der Waals surface area contributed by atoms with E-state index in [1.165, 1.54) is 0 Å². The Morgan fingerprint density at radius 1 is 1.26 bits per heavy atom. The van der Waals surface area contributed by atoms with Crippen molar-refractivity contribution in [3.05, 3.63) is 47.0 Å². The van der Waals surface area contributed by atoms with E-state index in [4.69, 9.17) is 15.6 Å². The number of benzene rings is 2. The topological polar surface area (TPSA) is 90.4 Å². The number of aromatic carboxylic acids is 1. The molecule has 0 atom stereocenters. The average molecular weight is 311 g/mol. The minimum atomic E-state index is -0.956. The van der Waals surface area contributed by atoms with Gasteiger partial charge in [-0.1, -0.05) is 6.07 Å². The van der Waals surface area contributed by atoms with Crippen molar-refractivity contribution >= 4 is 23.0 Å². The van der Waals surface area contributed by atoms with Gasteiger partial charge in [-0.3, -0.25) is 0 Å². The Hall–Kier alpha value is -3.02. The first-order chi connectivity index (χ1) is 10.9. The summed E-state index contributed by atoms with van der Waals surface area (Å²) in [4.78, 5) is 15.5. The quantitative estimate of drug-likeness (QED) is 0.774. The molecule has 0 bridgehead atoms. The number of hydrogen-bond donors (Lipinski definition) is 2. The maximum Gasteiger partial charge on any atom is 0.335 e. The highest BCUT2D eigenvalue weighted by atomic mass is 16.5. The number of carbonyl (C=O) groups is 1.